The molecular weight excluding hydrogens is 302 g/mol. The van der Waals surface area contributed by atoms with E-state index in [0.717, 1.165) is 23.9 Å². The monoisotopic (exact) mass is 327 g/mol. The Balaban J connectivity index is 1.29. The van der Waals surface area contributed by atoms with Crippen molar-refractivity contribution in [2.45, 2.75) is 69.6 Å². The molecule has 2 atom stereocenters. The molecule has 2 N–H and O–H groups in total. The van der Waals surface area contributed by atoms with Crippen molar-refractivity contribution in [2.75, 3.05) is 0 Å². The third-order valence-electron chi connectivity index (χ3n) is 5.29. The lowest BCUT2D eigenvalue weighted by Gasteiger charge is -2.41. The lowest BCUT2D eigenvalue weighted by atomic mass is 9.84. The summed E-state index contributed by atoms with van der Waals surface area (Å²) in [5.41, 5.74) is 1.65. The van der Waals surface area contributed by atoms with Crippen LogP contribution in [0.3, 0.4) is 0 Å². The minimum Gasteiger partial charge on any atom is -0.350 e. The molecule has 1 aromatic heterocycles. The van der Waals surface area contributed by atoms with Gasteiger partial charge in [0.2, 0.25) is 5.91 Å². The molecule has 0 saturated heterocycles. The number of aromatic nitrogens is 3. The summed E-state index contributed by atoms with van der Waals surface area (Å²) in [5, 5.41) is 15.6. The number of nitrogens with one attached hydrogen (secondary N) is 2. The minimum absolute atomic E-state index is 0.00421. The van der Waals surface area contributed by atoms with Crippen LogP contribution in [-0.4, -0.2) is 39.0 Å². The molecule has 0 unspecified atom stereocenters. The normalized spacial score (nSPS) is 24.7. The number of rotatable bonds is 5. The topological polar surface area (TPSA) is 71.8 Å². The van der Waals surface area contributed by atoms with E-state index in [-0.39, 0.29) is 18.5 Å². The maximum atomic E-state index is 12.3. The maximum absolute atomic E-state index is 12.3. The maximum Gasteiger partial charge on any atom is 0.243 e. The van der Waals surface area contributed by atoms with Gasteiger partial charge >= 0.3 is 0 Å². The summed E-state index contributed by atoms with van der Waals surface area (Å²) in [4.78, 5) is 13.8. The zero-order valence-electron chi connectivity index (χ0n) is 13.9. The fraction of sp³-hybridized carbons (Fsp3) is 0.611. The molecule has 0 aliphatic heterocycles. The number of hydrogen-bond acceptors (Lipinski definition) is 4. The molecular formula is C18H25N5O. The summed E-state index contributed by atoms with van der Waals surface area (Å²) in [5.74, 6) is -0.00421. The van der Waals surface area contributed by atoms with E-state index in [1.54, 1.807) is 0 Å². The van der Waals surface area contributed by atoms with Crippen LogP contribution in [0.25, 0.3) is 11.0 Å². The van der Waals surface area contributed by atoms with Crippen LogP contribution in [0.5, 0.6) is 0 Å². The molecule has 1 heterocycles. The Kier molecular flexibility index (Phi) is 4.47. The van der Waals surface area contributed by atoms with Gasteiger partial charge in [0.05, 0.1) is 0 Å². The van der Waals surface area contributed by atoms with E-state index in [4.69, 9.17) is 0 Å². The fourth-order valence-electron chi connectivity index (χ4n) is 3.80. The van der Waals surface area contributed by atoms with E-state index in [0.29, 0.717) is 12.1 Å². The number of nitrogens with zero attached hydrogens (tertiary/aromatic N) is 3. The Morgan fingerprint density at radius 3 is 2.29 bits per heavy atom. The molecule has 0 radical (unpaired) electrons. The van der Waals surface area contributed by atoms with Crippen molar-refractivity contribution < 1.29 is 4.79 Å². The van der Waals surface area contributed by atoms with Gasteiger partial charge < -0.3 is 10.6 Å². The Hall–Kier alpha value is -1.95. The Morgan fingerprint density at radius 1 is 1.00 bits per heavy atom. The summed E-state index contributed by atoms with van der Waals surface area (Å²) < 4.78 is 0. The lowest BCUT2D eigenvalue weighted by Crippen LogP contribution is -2.59. The molecule has 2 fully saturated rings. The summed E-state index contributed by atoms with van der Waals surface area (Å²) in [6.45, 7) is 0.182. The van der Waals surface area contributed by atoms with E-state index >= 15 is 0 Å². The predicted molar refractivity (Wildman–Crippen MR) is 92.5 cm³/mol. The molecule has 6 nitrogen and oxygen atoms in total. The van der Waals surface area contributed by atoms with E-state index in [1.807, 2.05) is 24.3 Å². The largest absolute Gasteiger partial charge is 0.350 e. The van der Waals surface area contributed by atoms with Crippen molar-refractivity contribution in [3.05, 3.63) is 24.3 Å². The highest BCUT2D eigenvalue weighted by molar-refractivity contribution is 5.77. The van der Waals surface area contributed by atoms with Crippen LogP contribution < -0.4 is 10.6 Å². The zero-order chi connectivity index (χ0) is 16.4. The number of benzene rings is 1. The van der Waals surface area contributed by atoms with Crippen LogP contribution >= 0.6 is 0 Å². The predicted octanol–water partition coefficient (Wildman–Crippen LogP) is 2.00. The Bertz CT molecular complexity index is 673. The van der Waals surface area contributed by atoms with Gasteiger partial charge in [0.15, 0.2) is 0 Å². The molecule has 2 aromatic rings. The quantitative estimate of drug-likeness (QED) is 0.881. The van der Waals surface area contributed by atoms with Crippen molar-refractivity contribution >= 4 is 16.9 Å². The first kappa shape index (κ1) is 15.6. The van der Waals surface area contributed by atoms with Crippen LogP contribution in [0, 0.1) is 0 Å². The second kappa shape index (κ2) is 6.89. The van der Waals surface area contributed by atoms with Gasteiger partial charge in [-0.3, -0.25) is 4.79 Å². The lowest BCUT2D eigenvalue weighted by molar-refractivity contribution is -0.123. The van der Waals surface area contributed by atoms with Gasteiger partial charge in [0.1, 0.15) is 17.6 Å². The molecule has 128 valence electrons. The van der Waals surface area contributed by atoms with Gasteiger partial charge in [-0.15, -0.1) is 0 Å². The van der Waals surface area contributed by atoms with Gasteiger partial charge in [0.25, 0.3) is 0 Å². The standard InChI is InChI=1S/C18H25N5O/c24-18(12-23-21-16-8-4-5-9-17(16)22-23)20-15-11-10-14(15)19-13-6-2-1-3-7-13/h4-5,8-9,13-15,19H,1-3,6-7,10-12H2,(H,20,24)/t14-,15+/m1/s1. The zero-order valence-corrected chi connectivity index (χ0v) is 13.9. The van der Waals surface area contributed by atoms with Crippen LogP contribution in [0.15, 0.2) is 24.3 Å². The summed E-state index contributed by atoms with van der Waals surface area (Å²) in [6, 6.07) is 9.00. The summed E-state index contributed by atoms with van der Waals surface area (Å²) in [7, 11) is 0. The highest BCUT2D eigenvalue weighted by Gasteiger charge is 2.33. The average molecular weight is 327 g/mol. The first-order valence-electron chi connectivity index (χ1n) is 9.13. The Morgan fingerprint density at radius 2 is 1.67 bits per heavy atom. The van der Waals surface area contributed by atoms with Crippen LogP contribution in [0.1, 0.15) is 44.9 Å². The molecule has 2 aliphatic carbocycles. The van der Waals surface area contributed by atoms with E-state index in [2.05, 4.69) is 20.8 Å². The molecule has 2 aliphatic rings. The molecule has 0 bridgehead atoms. The highest BCUT2D eigenvalue weighted by atomic mass is 16.2. The third kappa shape index (κ3) is 3.43. The van der Waals surface area contributed by atoms with Crippen molar-refractivity contribution in [3.8, 4) is 0 Å². The van der Waals surface area contributed by atoms with Gasteiger partial charge in [-0.2, -0.15) is 15.0 Å². The number of carbonyl (C=O) groups is 1. The molecule has 0 spiro atoms. The molecule has 24 heavy (non-hydrogen) atoms. The molecule has 4 rings (SSSR count). The molecule has 6 heteroatoms. The van der Waals surface area contributed by atoms with Gasteiger partial charge in [-0.05, 0) is 37.8 Å². The number of hydrogen-bond donors (Lipinski definition) is 2. The SMILES string of the molecule is O=C(Cn1nc2ccccc2n1)N[C@H]1CC[C@H]1NC1CCCCC1. The van der Waals surface area contributed by atoms with Crippen LogP contribution in [0.2, 0.25) is 0 Å². The second-order valence-corrected chi connectivity index (χ2v) is 7.08. The summed E-state index contributed by atoms with van der Waals surface area (Å²) in [6.07, 6.45) is 8.81. The average Bonchev–Trinajstić information content (AvgIpc) is 3.00. The number of fused-ring (bicyclic) bond motifs is 1. The smallest absolute Gasteiger partial charge is 0.243 e. The first-order valence-corrected chi connectivity index (χ1v) is 9.13. The van der Waals surface area contributed by atoms with E-state index in [9.17, 15) is 4.79 Å². The number of amides is 1. The van der Waals surface area contributed by atoms with Crippen molar-refractivity contribution in [2.24, 2.45) is 0 Å². The van der Waals surface area contributed by atoms with Crippen molar-refractivity contribution in [1.29, 1.82) is 0 Å². The van der Waals surface area contributed by atoms with E-state index < -0.39 is 0 Å². The second-order valence-electron chi connectivity index (χ2n) is 7.08. The van der Waals surface area contributed by atoms with Gasteiger partial charge in [-0.1, -0.05) is 31.4 Å². The molecule has 1 amide bonds. The molecule has 2 saturated carbocycles. The first-order chi connectivity index (χ1) is 11.8. The third-order valence-corrected chi connectivity index (χ3v) is 5.29. The van der Waals surface area contributed by atoms with Gasteiger partial charge in [0, 0.05) is 18.1 Å². The minimum atomic E-state index is -0.00421. The van der Waals surface area contributed by atoms with Crippen molar-refractivity contribution in [3.63, 3.8) is 0 Å². The fourth-order valence-corrected chi connectivity index (χ4v) is 3.80. The van der Waals surface area contributed by atoms with Crippen molar-refractivity contribution in [1.82, 2.24) is 25.6 Å². The van der Waals surface area contributed by atoms with E-state index in [1.165, 1.54) is 36.9 Å². The Labute approximate surface area is 142 Å². The molecule has 1 aromatic carbocycles. The van der Waals surface area contributed by atoms with Crippen LogP contribution in [-0.2, 0) is 11.3 Å². The highest BCUT2D eigenvalue weighted by Crippen LogP contribution is 2.24. The van der Waals surface area contributed by atoms with Crippen LogP contribution in [0.4, 0.5) is 0 Å². The summed E-state index contributed by atoms with van der Waals surface area (Å²) >= 11 is 0. The number of carbonyl (C=O) groups excluding carboxylic acids is 1. The van der Waals surface area contributed by atoms with Gasteiger partial charge in [-0.25, -0.2) is 0 Å².